The number of amidine groups is 1. The second kappa shape index (κ2) is 1.57. The molecular weight excluding hydrogens is 159 g/mol. The van der Waals surface area contributed by atoms with E-state index in [0.29, 0.717) is 0 Å². The van der Waals surface area contributed by atoms with Crippen molar-refractivity contribution in [3.63, 3.8) is 0 Å². The molecule has 0 saturated heterocycles. The number of nitrogens with two attached hydrogens (primary N) is 1. The Morgan fingerprint density at radius 3 is 2.00 bits per heavy atom. The molecule has 2 nitrogen and oxygen atoms in total. The molecule has 0 aliphatic heterocycles. The molecule has 0 amide bonds. The Balaban J connectivity index is 2.80. The molecule has 0 aliphatic rings. The van der Waals surface area contributed by atoms with Gasteiger partial charge in [-0.2, -0.15) is 0 Å². The second-order valence-electron chi connectivity index (χ2n) is 0.414. The summed E-state index contributed by atoms with van der Waals surface area (Å²) in [4.78, 5) is 0. The van der Waals surface area contributed by atoms with Crippen LogP contribution in [-0.2, 0) is 0 Å². The zero-order chi connectivity index (χ0) is 3.58. The number of hydrogen-bond donors (Lipinski definition) is 2. The minimum absolute atomic E-state index is 0.257. The molecule has 0 atom stereocenters. The van der Waals surface area contributed by atoms with Crippen molar-refractivity contribution in [1.29, 1.82) is 5.41 Å². The van der Waals surface area contributed by atoms with Gasteiger partial charge in [0, 0.05) is 0 Å². The Bertz CT molecular complexity index is 29.0. The predicted octanol–water partition coefficient (Wildman–Crippen LogP) is -0.952. The summed E-state index contributed by atoms with van der Waals surface area (Å²) in [7, 11) is 0. The fraction of sp³-hybridized carbons (Fsp3) is 0. The van der Waals surface area contributed by atoms with Gasteiger partial charge in [0.25, 0.3) is 0 Å². The van der Waals surface area contributed by atoms with E-state index in [0.717, 1.165) is 22.5 Å². The van der Waals surface area contributed by atoms with Crippen LogP contribution in [-0.4, -0.2) is 26.4 Å². The van der Waals surface area contributed by atoms with Crippen molar-refractivity contribution in [3.8, 4) is 0 Å². The van der Waals surface area contributed by atoms with Gasteiger partial charge in [-0.3, -0.25) is 0 Å². The second-order valence-corrected chi connectivity index (χ2v) is 1.95. The third kappa shape index (κ3) is 50.6. The fourth-order valence-electron chi connectivity index (χ4n) is 0. The third-order valence-corrected chi connectivity index (χ3v) is 0. The van der Waals surface area contributed by atoms with Gasteiger partial charge < -0.3 is 0 Å². The Morgan fingerprint density at radius 1 is 2.00 bits per heavy atom. The molecule has 3 heteroatoms. The predicted molar refractivity (Wildman–Crippen MR) is 17.7 cm³/mol. The SMILES string of the molecule is N=[C](N)[Sn]. The van der Waals surface area contributed by atoms with Gasteiger partial charge in [0.2, 0.25) is 0 Å². The van der Waals surface area contributed by atoms with Gasteiger partial charge in [-0.1, -0.05) is 0 Å². The summed E-state index contributed by atoms with van der Waals surface area (Å²) in [5.41, 5.74) is 4.73. The molecule has 0 aromatic carbocycles. The summed E-state index contributed by atoms with van der Waals surface area (Å²) >= 11 is 0.998. The maximum atomic E-state index is 6.32. The first kappa shape index (κ1) is 4.27. The van der Waals surface area contributed by atoms with Crippen molar-refractivity contribution in [3.05, 3.63) is 0 Å². The van der Waals surface area contributed by atoms with Crippen LogP contribution in [0.1, 0.15) is 0 Å². The summed E-state index contributed by atoms with van der Waals surface area (Å²) in [5.74, 6) is 0. The topological polar surface area (TPSA) is 49.9 Å². The monoisotopic (exact) mass is 163 g/mol. The van der Waals surface area contributed by atoms with Crippen molar-refractivity contribution in [2.45, 2.75) is 0 Å². The van der Waals surface area contributed by atoms with Crippen LogP contribution in [0.25, 0.3) is 0 Å². The van der Waals surface area contributed by atoms with Gasteiger partial charge in [-0.25, -0.2) is 0 Å². The third-order valence-electron chi connectivity index (χ3n) is 0. The Hall–Kier alpha value is 0.269. The zero-order valence-corrected chi connectivity index (χ0v) is 4.93. The molecule has 0 aromatic heterocycles. The van der Waals surface area contributed by atoms with Crippen molar-refractivity contribution in [2.24, 2.45) is 5.73 Å². The van der Waals surface area contributed by atoms with Crippen LogP contribution < -0.4 is 5.73 Å². The van der Waals surface area contributed by atoms with Crippen LogP contribution in [0.5, 0.6) is 0 Å². The first-order valence-electron chi connectivity index (χ1n) is 0.789. The van der Waals surface area contributed by atoms with Gasteiger partial charge in [0.15, 0.2) is 0 Å². The molecule has 0 unspecified atom stereocenters. The molecular formula is CH3N2Sn. The van der Waals surface area contributed by atoms with Gasteiger partial charge in [-0.15, -0.1) is 0 Å². The van der Waals surface area contributed by atoms with E-state index in [1.807, 2.05) is 0 Å². The van der Waals surface area contributed by atoms with Crippen molar-refractivity contribution >= 4 is 26.4 Å². The van der Waals surface area contributed by atoms with Crippen LogP contribution in [0.15, 0.2) is 0 Å². The van der Waals surface area contributed by atoms with E-state index < -0.39 is 0 Å². The van der Waals surface area contributed by atoms with Crippen LogP contribution >= 0.6 is 0 Å². The van der Waals surface area contributed by atoms with Crippen LogP contribution in [0.4, 0.5) is 0 Å². The molecule has 0 saturated carbocycles. The van der Waals surface area contributed by atoms with Crippen LogP contribution in [0.2, 0.25) is 0 Å². The van der Waals surface area contributed by atoms with Gasteiger partial charge in [0.1, 0.15) is 0 Å². The van der Waals surface area contributed by atoms with Crippen LogP contribution in [0, 0.1) is 5.41 Å². The van der Waals surface area contributed by atoms with E-state index in [9.17, 15) is 0 Å². The zero-order valence-electron chi connectivity index (χ0n) is 2.08. The van der Waals surface area contributed by atoms with Gasteiger partial charge in [-0.05, 0) is 0 Å². The molecule has 0 aromatic rings. The van der Waals surface area contributed by atoms with Crippen LogP contribution in [0.3, 0.4) is 0 Å². The maximum absolute atomic E-state index is 6.32. The van der Waals surface area contributed by atoms with E-state index in [2.05, 4.69) is 0 Å². The molecule has 0 fully saturated rings. The van der Waals surface area contributed by atoms with Gasteiger partial charge >= 0.3 is 37.5 Å². The number of hydrogen-bond acceptors (Lipinski definition) is 1. The Labute approximate surface area is 38.0 Å². The normalized spacial score (nSPS) is 6.25. The van der Waals surface area contributed by atoms with E-state index in [1.54, 1.807) is 0 Å². The van der Waals surface area contributed by atoms with Crippen molar-refractivity contribution in [1.82, 2.24) is 0 Å². The average Bonchev–Trinajstić information content (AvgIpc) is 0.811. The quantitative estimate of drug-likeness (QED) is 0.269. The number of nitrogens with one attached hydrogen (secondary N) is 1. The van der Waals surface area contributed by atoms with Crippen molar-refractivity contribution < 1.29 is 0 Å². The number of rotatable bonds is 0. The molecule has 3 N–H and O–H groups in total. The summed E-state index contributed by atoms with van der Waals surface area (Å²) < 4.78 is 0.257. The summed E-state index contributed by atoms with van der Waals surface area (Å²) in [6.07, 6.45) is 0. The Morgan fingerprint density at radius 2 is 2.00 bits per heavy atom. The van der Waals surface area contributed by atoms with Crippen molar-refractivity contribution in [2.75, 3.05) is 0 Å². The first-order chi connectivity index (χ1) is 1.73. The average molecular weight is 162 g/mol. The van der Waals surface area contributed by atoms with E-state index in [-0.39, 0.29) is 3.85 Å². The van der Waals surface area contributed by atoms with E-state index in [1.165, 1.54) is 0 Å². The summed E-state index contributed by atoms with van der Waals surface area (Å²) in [6.45, 7) is 0. The van der Waals surface area contributed by atoms with E-state index in [4.69, 9.17) is 11.1 Å². The molecule has 0 spiro atoms. The molecule has 21 valence electrons. The molecule has 3 radical (unpaired) electrons. The first-order valence-corrected chi connectivity index (χ1v) is 2.22. The molecule has 0 aliphatic carbocycles. The minimum atomic E-state index is 0.257. The summed E-state index contributed by atoms with van der Waals surface area (Å²) in [6, 6.07) is 0. The fourth-order valence-corrected chi connectivity index (χ4v) is 0. The Kier molecular flexibility index (Phi) is 1.68. The van der Waals surface area contributed by atoms with E-state index >= 15 is 0 Å². The molecule has 0 heterocycles. The van der Waals surface area contributed by atoms with Gasteiger partial charge in [0.05, 0.1) is 0 Å². The standard InChI is InChI=1S/CH3N2.Sn/c2-1-3;/h(H3,2,3);. The molecule has 0 rings (SSSR count). The molecule has 4 heavy (non-hydrogen) atoms. The summed E-state index contributed by atoms with van der Waals surface area (Å²) in [5, 5.41) is 6.32. The molecule has 0 bridgehead atoms.